The number of nitrogens with zero attached hydrogens (tertiary/aromatic N) is 1. The first-order chi connectivity index (χ1) is 8.29. The van der Waals surface area contributed by atoms with Crippen LogP contribution in [0.2, 0.25) is 0 Å². The average Bonchev–Trinajstić information content (AvgIpc) is 2.33. The Morgan fingerprint density at radius 1 is 1.41 bits per heavy atom. The molecule has 4 heteroatoms. The summed E-state index contributed by atoms with van der Waals surface area (Å²) in [6.07, 6.45) is 4.10. The van der Waals surface area contributed by atoms with E-state index in [1.807, 2.05) is 11.8 Å². The standard InChI is InChI=1S/C13H26N2O2/c1-3-10-17-11-6-9-15-8-5-7-12(13(15)16)14-4-2/h12,14H,3-11H2,1-2H3. The minimum Gasteiger partial charge on any atom is -0.381 e. The van der Waals surface area contributed by atoms with Gasteiger partial charge in [-0.3, -0.25) is 4.79 Å². The van der Waals surface area contributed by atoms with Crippen LogP contribution in [0, 0.1) is 0 Å². The maximum atomic E-state index is 12.1. The number of hydrogen-bond acceptors (Lipinski definition) is 3. The summed E-state index contributed by atoms with van der Waals surface area (Å²) < 4.78 is 5.43. The summed E-state index contributed by atoms with van der Waals surface area (Å²) in [5.74, 6) is 0.272. The van der Waals surface area contributed by atoms with Gasteiger partial charge in [-0.05, 0) is 32.2 Å². The molecule has 1 saturated heterocycles. The minimum absolute atomic E-state index is 0.0466. The number of likely N-dealkylation sites (N-methyl/N-ethyl adjacent to an activating group) is 1. The van der Waals surface area contributed by atoms with E-state index in [0.29, 0.717) is 0 Å². The van der Waals surface area contributed by atoms with E-state index >= 15 is 0 Å². The maximum absolute atomic E-state index is 12.1. The quantitative estimate of drug-likeness (QED) is 0.654. The van der Waals surface area contributed by atoms with Crippen molar-refractivity contribution >= 4 is 5.91 Å². The van der Waals surface area contributed by atoms with Crippen LogP contribution in [0.4, 0.5) is 0 Å². The monoisotopic (exact) mass is 242 g/mol. The van der Waals surface area contributed by atoms with Crippen LogP contribution in [0.1, 0.15) is 39.5 Å². The predicted molar refractivity (Wildman–Crippen MR) is 69.0 cm³/mol. The van der Waals surface area contributed by atoms with E-state index in [1.54, 1.807) is 0 Å². The lowest BCUT2D eigenvalue weighted by atomic mass is 10.0. The van der Waals surface area contributed by atoms with Crippen LogP contribution in [0.3, 0.4) is 0 Å². The second-order valence-corrected chi connectivity index (χ2v) is 4.54. The predicted octanol–water partition coefficient (Wildman–Crippen LogP) is 1.40. The largest absolute Gasteiger partial charge is 0.381 e. The highest BCUT2D eigenvalue weighted by Gasteiger charge is 2.27. The first-order valence-corrected chi connectivity index (χ1v) is 6.89. The van der Waals surface area contributed by atoms with Gasteiger partial charge in [-0.2, -0.15) is 0 Å². The minimum atomic E-state index is 0.0466. The molecule has 0 aromatic heterocycles. The van der Waals surface area contributed by atoms with Crippen molar-refractivity contribution in [1.82, 2.24) is 10.2 Å². The lowest BCUT2D eigenvalue weighted by Crippen LogP contribution is -2.50. The number of piperidine rings is 1. The van der Waals surface area contributed by atoms with Gasteiger partial charge < -0.3 is 15.0 Å². The summed E-state index contributed by atoms with van der Waals surface area (Å²) >= 11 is 0. The zero-order chi connectivity index (χ0) is 12.5. The summed E-state index contributed by atoms with van der Waals surface area (Å²) in [6, 6.07) is 0.0466. The van der Waals surface area contributed by atoms with E-state index in [1.165, 1.54) is 0 Å². The number of amides is 1. The van der Waals surface area contributed by atoms with Crippen LogP contribution in [-0.2, 0) is 9.53 Å². The molecule has 0 bridgehead atoms. The molecule has 1 amide bonds. The van der Waals surface area contributed by atoms with Crippen LogP contribution in [0.15, 0.2) is 0 Å². The van der Waals surface area contributed by atoms with Gasteiger partial charge in [-0.15, -0.1) is 0 Å². The van der Waals surface area contributed by atoms with Crippen molar-refractivity contribution in [3.05, 3.63) is 0 Å². The van der Waals surface area contributed by atoms with Crippen molar-refractivity contribution in [3.8, 4) is 0 Å². The van der Waals surface area contributed by atoms with Crippen molar-refractivity contribution < 1.29 is 9.53 Å². The van der Waals surface area contributed by atoms with E-state index in [-0.39, 0.29) is 11.9 Å². The van der Waals surface area contributed by atoms with Crippen molar-refractivity contribution in [2.45, 2.75) is 45.6 Å². The molecule has 1 aliphatic rings. The third-order valence-corrected chi connectivity index (χ3v) is 3.05. The zero-order valence-electron chi connectivity index (χ0n) is 11.2. The number of rotatable bonds is 8. The number of hydrogen-bond donors (Lipinski definition) is 1. The summed E-state index contributed by atoms with van der Waals surface area (Å²) in [4.78, 5) is 14.0. The molecule has 4 nitrogen and oxygen atoms in total. The first-order valence-electron chi connectivity index (χ1n) is 6.89. The van der Waals surface area contributed by atoms with E-state index in [9.17, 15) is 4.79 Å². The molecular formula is C13H26N2O2. The second-order valence-electron chi connectivity index (χ2n) is 4.54. The molecular weight excluding hydrogens is 216 g/mol. The molecule has 1 atom stereocenters. The Morgan fingerprint density at radius 2 is 2.24 bits per heavy atom. The topological polar surface area (TPSA) is 41.6 Å². The smallest absolute Gasteiger partial charge is 0.239 e. The highest BCUT2D eigenvalue weighted by molar-refractivity contribution is 5.82. The van der Waals surface area contributed by atoms with Gasteiger partial charge in [-0.1, -0.05) is 13.8 Å². The summed E-state index contributed by atoms with van der Waals surface area (Å²) in [6.45, 7) is 8.36. The van der Waals surface area contributed by atoms with Gasteiger partial charge >= 0.3 is 0 Å². The van der Waals surface area contributed by atoms with Crippen LogP contribution in [-0.4, -0.2) is 49.7 Å². The van der Waals surface area contributed by atoms with E-state index in [0.717, 1.165) is 58.5 Å². The molecule has 0 aromatic carbocycles. The zero-order valence-corrected chi connectivity index (χ0v) is 11.2. The maximum Gasteiger partial charge on any atom is 0.239 e. The molecule has 0 aliphatic carbocycles. The molecule has 17 heavy (non-hydrogen) atoms. The number of carbonyl (C=O) groups is 1. The Labute approximate surface area is 105 Å². The van der Waals surface area contributed by atoms with Gasteiger partial charge in [0, 0.05) is 26.3 Å². The normalized spacial score (nSPS) is 20.9. The first kappa shape index (κ1) is 14.5. The van der Waals surface area contributed by atoms with Gasteiger partial charge in [0.1, 0.15) is 0 Å². The molecule has 0 aromatic rings. The van der Waals surface area contributed by atoms with Crippen LogP contribution >= 0.6 is 0 Å². The van der Waals surface area contributed by atoms with Gasteiger partial charge in [0.2, 0.25) is 5.91 Å². The third kappa shape index (κ3) is 5.04. The molecule has 1 fully saturated rings. The molecule has 1 unspecified atom stereocenters. The number of carbonyl (C=O) groups excluding carboxylic acids is 1. The molecule has 1 rings (SSSR count). The fourth-order valence-electron chi connectivity index (χ4n) is 2.20. The number of likely N-dealkylation sites (tertiary alicyclic amines) is 1. The van der Waals surface area contributed by atoms with Crippen LogP contribution < -0.4 is 5.32 Å². The molecule has 0 saturated carbocycles. The average molecular weight is 242 g/mol. The van der Waals surface area contributed by atoms with E-state index in [2.05, 4.69) is 12.2 Å². The van der Waals surface area contributed by atoms with Crippen molar-refractivity contribution in [1.29, 1.82) is 0 Å². The van der Waals surface area contributed by atoms with E-state index in [4.69, 9.17) is 4.74 Å². The van der Waals surface area contributed by atoms with Gasteiger partial charge in [-0.25, -0.2) is 0 Å². The Hall–Kier alpha value is -0.610. The van der Waals surface area contributed by atoms with Gasteiger partial charge in [0.05, 0.1) is 6.04 Å². The fraction of sp³-hybridized carbons (Fsp3) is 0.923. The van der Waals surface area contributed by atoms with Crippen molar-refractivity contribution in [3.63, 3.8) is 0 Å². The van der Waals surface area contributed by atoms with Crippen molar-refractivity contribution in [2.24, 2.45) is 0 Å². The summed E-state index contributed by atoms with van der Waals surface area (Å²) in [5, 5.41) is 3.25. The Morgan fingerprint density at radius 3 is 2.94 bits per heavy atom. The summed E-state index contributed by atoms with van der Waals surface area (Å²) in [7, 11) is 0. The van der Waals surface area contributed by atoms with Gasteiger partial charge in [0.15, 0.2) is 0 Å². The molecule has 1 N–H and O–H groups in total. The van der Waals surface area contributed by atoms with Gasteiger partial charge in [0.25, 0.3) is 0 Å². The van der Waals surface area contributed by atoms with Crippen LogP contribution in [0.25, 0.3) is 0 Å². The second kappa shape index (κ2) is 8.48. The third-order valence-electron chi connectivity index (χ3n) is 3.05. The highest BCUT2D eigenvalue weighted by atomic mass is 16.5. The molecule has 1 heterocycles. The number of nitrogens with one attached hydrogen (secondary N) is 1. The SMILES string of the molecule is CCCOCCCN1CCCC(NCC)C1=O. The summed E-state index contributed by atoms with van der Waals surface area (Å²) in [5.41, 5.74) is 0. The van der Waals surface area contributed by atoms with E-state index < -0.39 is 0 Å². The molecule has 0 spiro atoms. The lowest BCUT2D eigenvalue weighted by Gasteiger charge is -2.32. The molecule has 100 valence electrons. The fourth-order valence-corrected chi connectivity index (χ4v) is 2.20. The Kier molecular flexibility index (Phi) is 7.21. The number of ether oxygens (including phenoxy) is 1. The lowest BCUT2D eigenvalue weighted by molar-refractivity contribution is -0.136. The molecule has 0 radical (unpaired) electrons. The van der Waals surface area contributed by atoms with Crippen LogP contribution in [0.5, 0.6) is 0 Å². The highest BCUT2D eigenvalue weighted by Crippen LogP contribution is 2.12. The Balaban J connectivity index is 2.20. The van der Waals surface area contributed by atoms with Crippen molar-refractivity contribution in [2.75, 3.05) is 32.8 Å². The molecule has 1 aliphatic heterocycles. The Bertz CT molecular complexity index is 219.